The number of piperidine rings is 1. The van der Waals surface area contributed by atoms with Crippen molar-refractivity contribution in [3.05, 3.63) is 34.9 Å². The molecule has 1 unspecified atom stereocenters. The fourth-order valence-corrected chi connectivity index (χ4v) is 2.43. The highest BCUT2D eigenvalue weighted by Gasteiger charge is 2.22. The summed E-state index contributed by atoms with van der Waals surface area (Å²) in [6.45, 7) is 5.98. The normalized spacial score (nSPS) is 20.8. The van der Waals surface area contributed by atoms with Gasteiger partial charge in [0.15, 0.2) is 5.78 Å². The van der Waals surface area contributed by atoms with Crippen molar-refractivity contribution < 1.29 is 4.79 Å². The highest BCUT2D eigenvalue weighted by molar-refractivity contribution is 5.98. The predicted molar refractivity (Wildman–Crippen MR) is 65.8 cm³/mol. The van der Waals surface area contributed by atoms with Crippen LogP contribution >= 0.6 is 0 Å². The molecule has 1 N–H and O–H groups in total. The fraction of sp³-hybridized carbons (Fsp3) is 0.500. The maximum Gasteiger partial charge on any atom is 0.167 e. The lowest BCUT2D eigenvalue weighted by Gasteiger charge is -2.21. The van der Waals surface area contributed by atoms with E-state index in [1.54, 1.807) is 0 Å². The van der Waals surface area contributed by atoms with E-state index in [4.69, 9.17) is 0 Å². The molecular weight excluding hydrogens is 198 g/mol. The number of nitrogens with one attached hydrogen (secondary N) is 1. The minimum Gasteiger partial charge on any atom is -0.316 e. The SMILES string of the molecule is Cc1cc(C)cc(C(=O)C2CCCNC2)c1. The van der Waals surface area contributed by atoms with Gasteiger partial charge in [0.25, 0.3) is 0 Å². The van der Waals surface area contributed by atoms with Crippen LogP contribution in [0.3, 0.4) is 0 Å². The van der Waals surface area contributed by atoms with Gasteiger partial charge in [-0.05, 0) is 45.4 Å². The summed E-state index contributed by atoms with van der Waals surface area (Å²) in [5.74, 6) is 0.481. The van der Waals surface area contributed by atoms with Gasteiger partial charge in [0.2, 0.25) is 0 Å². The molecule has 1 aliphatic rings. The molecule has 2 heteroatoms. The van der Waals surface area contributed by atoms with Gasteiger partial charge in [-0.3, -0.25) is 4.79 Å². The van der Waals surface area contributed by atoms with Crippen LogP contribution in [0.15, 0.2) is 18.2 Å². The van der Waals surface area contributed by atoms with Crippen LogP contribution < -0.4 is 5.32 Å². The van der Waals surface area contributed by atoms with E-state index >= 15 is 0 Å². The van der Waals surface area contributed by atoms with Gasteiger partial charge in [-0.15, -0.1) is 0 Å². The molecule has 1 aliphatic heterocycles. The van der Waals surface area contributed by atoms with Crippen molar-refractivity contribution >= 4 is 5.78 Å². The first-order chi connectivity index (χ1) is 7.66. The largest absolute Gasteiger partial charge is 0.316 e. The van der Waals surface area contributed by atoms with E-state index in [0.717, 1.165) is 31.5 Å². The quantitative estimate of drug-likeness (QED) is 0.771. The van der Waals surface area contributed by atoms with E-state index in [9.17, 15) is 4.79 Å². The molecule has 2 rings (SSSR count). The zero-order valence-electron chi connectivity index (χ0n) is 10.0. The van der Waals surface area contributed by atoms with Crippen LogP contribution in [-0.2, 0) is 0 Å². The van der Waals surface area contributed by atoms with Crippen molar-refractivity contribution in [1.82, 2.24) is 5.32 Å². The number of benzene rings is 1. The molecule has 1 fully saturated rings. The summed E-state index contributed by atoms with van der Waals surface area (Å²) < 4.78 is 0. The predicted octanol–water partition coefficient (Wildman–Crippen LogP) is 2.49. The Bertz CT molecular complexity index is 371. The molecule has 1 saturated heterocycles. The molecule has 0 amide bonds. The van der Waals surface area contributed by atoms with E-state index in [2.05, 4.69) is 11.4 Å². The average molecular weight is 217 g/mol. The molecule has 0 aromatic heterocycles. The molecule has 16 heavy (non-hydrogen) atoms. The van der Waals surface area contributed by atoms with Gasteiger partial charge in [-0.2, -0.15) is 0 Å². The Kier molecular flexibility index (Phi) is 3.39. The Morgan fingerprint density at radius 3 is 2.50 bits per heavy atom. The third kappa shape index (κ3) is 2.50. The number of aryl methyl sites for hydroxylation is 2. The highest BCUT2D eigenvalue weighted by atomic mass is 16.1. The smallest absolute Gasteiger partial charge is 0.167 e. The van der Waals surface area contributed by atoms with Crippen molar-refractivity contribution in [3.8, 4) is 0 Å². The molecule has 1 atom stereocenters. The molecule has 0 aliphatic carbocycles. The molecule has 0 bridgehead atoms. The van der Waals surface area contributed by atoms with Crippen LogP contribution in [0.4, 0.5) is 0 Å². The second-order valence-electron chi connectivity index (χ2n) is 4.78. The summed E-state index contributed by atoms with van der Waals surface area (Å²) >= 11 is 0. The van der Waals surface area contributed by atoms with E-state index in [1.165, 1.54) is 11.1 Å². The molecule has 0 spiro atoms. The van der Waals surface area contributed by atoms with Gasteiger partial charge in [-0.1, -0.05) is 17.2 Å². The number of rotatable bonds is 2. The molecular formula is C14H19NO. The third-order valence-electron chi connectivity index (χ3n) is 3.17. The fourth-order valence-electron chi connectivity index (χ4n) is 2.43. The first-order valence-corrected chi connectivity index (χ1v) is 6.00. The first kappa shape index (κ1) is 11.3. The Morgan fingerprint density at radius 1 is 1.25 bits per heavy atom. The van der Waals surface area contributed by atoms with Crippen LogP contribution in [0.25, 0.3) is 0 Å². The molecule has 86 valence electrons. The minimum absolute atomic E-state index is 0.176. The van der Waals surface area contributed by atoms with Crippen molar-refractivity contribution in [3.63, 3.8) is 0 Å². The maximum atomic E-state index is 12.3. The van der Waals surface area contributed by atoms with Crippen molar-refractivity contribution in [1.29, 1.82) is 0 Å². The zero-order chi connectivity index (χ0) is 11.5. The van der Waals surface area contributed by atoms with Gasteiger partial charge in [0, 0.05) is 18.0 Å². The lowest BCUT2D eigenvalue weighted by Crippen LogP contribution is -2.34. The van der Waals surface area contributed by atoms with Gasteiger partial charge in [0.1, 0.15) is 0 Å². The summed E-state index contributed by atoms with van der Waals surface area (Å²) in [5, 5.41) is 3.29. The molecule has 1 aromatic carbocycles. The molecule has 0 saturated carbocycles. The number of ketones is 1. The average Bonchev–Trinajstić information content (AvgIpc) is 2.28. The minimum atomic E-state index is 0.176. The monoisotopic (exact) mass is 217 g/mol. The summed E-state index contributed by atoms with van der Waals surface area (Å²) in [5.41, 5.74) is 3.23. The number of carbonyl (C=O) groups is 1. The van der Waals surface area contributed by atoms with Gasteiger partial charge < -0.3 is 5.32 Å². The Balaban J connectivity index is 2.19. The third-order valence-corrected chi connectivity index (χ3v) is 3.17. The van der Waals surface area contributed by atoms with E-state index in [-0.39, 0.29) is 5.92 Å². The summed E-state index contributed by atoms with van der Waals surface area (Å²) in [6.07, 6.45) is 2.14. The summed E-state index contributed by atoms with van der Waals surface area (Å²) in [4.78, 5) is 12.3. The molecule has 2 nitrogen and oxygen atoms in total. The first-order valence-electron chi connectivity index (χ1n) is 6.00. The Hall–Kier alpha value is -1.15. The molecule has 0 radical (unpaired) electrons. The molecule has 1 heterocycles. The summed E-state index contributed by atoms with van der Waals surface area (Å²) in [6, 6.07) is 6.11. The van der Waals surface area contributed by atoms with Crippen molar-refractivity contribution in [2.45, 2.75) is 26.7 Å². The Morgan fingerprint density at radius 2 is 1.94 bits per heavy atom. The second kappa shape index (κ2) is 4.79. The van der Waals surface area contributed by atoms with Crippen LogP contribution in [0.5, 0.6) is 0 Å². The Labute approximate surface area is 97.1 Å². The lowest BCUT2D eigenvalue weighted by atomic mass is 9.90. The van der Waals surface area contributed by atoms with Crippen molar-refractivity contribution in [2.75, 3.05) is 13.1 Å². The van der Waals surface area contributed by atoms with Crippen LogP contribution in [-0.4, -0.2) is 18.9 Å². The second-order valence-corrected chi connectivity index (χ2v) is 4.78. The van der Waals surface area contributed by atoms with E-state index < -0.39 is 0 Å². The standard InChI is InChI=1S/C14H19NO/c1-10-6-11(2)8-13(7-10)14(16)12-4-3-5-15-9-12/h6-8,12,15H,3-5,9H2,1-2H3. The number of hydrogen-bond acceptors (Lipinski definition) is 2. The highest BCUT2D eigenvalue weighted by Crippen LogP contribution is 2.18. The van der Waals surface area contributed by atoms with Crippen LogP contribution in [0.2, 0.25) is 0 Å². The van der Waals surface area contributed by atoms with Crippen molar-refractivity contribution in [2.24, 2.45) is 5.92 Å². The van der Waals surface area contributed by atoms with Crippen LogP contribution in [0, 0.1) is 19.8 Å². The van der Waals surface area contributed by atoms with E-state index in [0.29, 0.717) is 5.78 Å². The maximum absolute atomic E-state index is 12.3. The van der Waals surface area contributed by atoms with Crippen LogP contribution in [0.1, 0.15) is 34.3 Å². The number of carbonyl (C=O) groups excluding carboxylic acids is 1. The van der Waals surface area contributed by atoms with Gasteiger partial charge in [-0.25, -0.2) is 0 Å². The van der Waals surface area contributed by atoms with E-state index in [1.807, 2.05) is 26.0 Å². The summed E-state index contributed by atoms with van der Waals surface area (Å²) in [7, 11) is 0. The zero-order valence-corrected chi connectivity index (χ0v) is 10.0. The number of hydrogen-bond donors (Lipinski definition) is 1. The lowest BCUT2D eigenvalue weighted by molar-refractivity contribution is 0.0899. The topological polar surface area (TPSA) is 29.1 Å². The van der Waals surface area contributed by atoms with Gasteiger partial charge >= 0.3 is 0 Å². The molecule has 1 aromatic rings. The van der Waals surface area contributed by atoms with Gasteiger partial charge in [0.05, 0.1) is 0 Å². The number of Topliss-reactive ketones (excluding diaryl/α,β-unsaturated/α-hetero) is 1.